The summed E-state index contributed by atoms with van der Waals surface area (Å²) in [5, 5.41) is 5.12. The second-order valence-electron chi connectivity index (χ2n) is 5.32. The monoisotopic (exact) mass is 324 g/mol. The lowest BCUT2D eigenvalue weighted by atomic mass is 10.1. The lowest BCUT2D eigenvalue weighted by Crippen LogP contribution is -2.06. The Hall–Kier alpha value is -2.39. The number of hydrogen-bond donors (Lipinski definition) is 1. The van der Waals surface area contributed by atoms with Gasteiger partial charge in [-0.2, -0.15) is 0 Å². The molecule has 0 fully saturated rings. The van der Waals surface area contributed by atoms with Gasteiger partial charge in [0, 0.05) is 16.6 Å². The van der Waals surface area contributed by atoms with Gasteiger partial charge in [0.2, 0.25) is 0 Å². The van der Waals surface area contributed by atoms with Crippen LogP contribution in [0.4, 0.5) is 5.69 Å². The first-order valence-corrected chi connectivity index (χ1v) is 7.96. The standard InChI is InChI=1S/C19H17ClN2O/c1-2-15-18(11-21-14-9-7-13(12-23)8-10-14)22-17-6-4-3-5-16(17)19(15)20/h3-10,12,21H,2,11H2,1H3. The molecule has 1 heterocycles. The van der Waals surface area contributed by atoms with Crippen LogP contribution in [0, 0.1) is 0 Å². The van der Waals surface area contributed by atoms with E-state index in [0.717, 1.165) is 45.6 Å². The van der Waals surface area contributed by atoms with E-state index < -0.39 is 0 Å². The molecule has 0 saturated heterocycles. The van der Waals surface area contributed by atoms with E-state index in [1.807, 2.05) is 36.4 Å². The molecular formula is C19H17ClN2O. The Bertz CT molecular complexity index is 844. The minimum atomic E-state index is 0.591. The molecule has 0 aliphatic rings. The molecule has 23 heavy (non-hydrogen) atoms. The third kappa shape index (κ3) is 3.20. The number of nitrogens with one attached hydrogen (secondary N) is 1. The van der Waals surface area contributed by atoms with Crippen LogP contribution in [0.2, 0.25) is 5.02 Å². The molecule has 3 rings (SSSR count). The normalized spacial score (nSPS) is 10.7. The zero-order valence-corrected chi connectivity index (χ0v) is 13.6. The smallest absolute Gasteiger partial charge is 0.150 e. The number of halogens is 1. The Morgan fingerprint density at radius 3 is 2.57 bits per heavy atom. The minimum Gasteiger partial charge on any atom is -0.379 e. The van der Waals surface area contributed by atoms with Crippen molar-refractivity contribution < 1.29 is 4.79 Å². The number of benzene rings is 2. The number of rotatable bonds is 5. The average Bonchev–Trinajstić information content (AvgIpc) is 2.60. The molecule has 2 aromatic carbocycles. The van der Waals surface area contributed by atoms with Crippen LogP contribution in [0.3, 0.4) is 0 Å². The van der Waals surface area contributed by atoms with E-state index in [-0.39, 0.29) is 0 Å². The zero-order chi connectivity index (χ0) is 16.2. The Balaban J connectivity index is 1.90. The molecule has 0 bridgehead atoms. The molecule has 1 N–H and O–H groups in total. The van der Waals surface area contributed by atoms with Crippen molar-refractivity contribution in [2.24, 2.45) is 0 Å². The van der Waals surface area contributed by atoms with Crippen LogP contribution in [-0.2, 0) is 13.0 Å². The lowest BCUT2D eigenvalue weighted by Gasteiger charge is -2.13. The molecule has 0 unspecified atom stereocenters. The SMILES string of the molecule is CCc1c(CNc2ccc(C=O)cc2)nc2ccccc2c1Cl. The van der Waals surface area contributed by atoms with Crippen molar-refractivity contribution in [1.29, 1.82) is 0 Å². The van der Waals surface area contributed by atoms with Crippen molar-refractivity contribution in [3.8, 4) is 0 Å². The summed E-state index contributed by atoms with van der Waals surface area (Å²) in [5.41, 5.74) is 4.54. The number of nitrogens with zero attached hydrogens (tertiary/aromatic N) is 1. The topological polar surface area (TPSA) is 42.0 Å². The first kappa shape index (κ1) is 15.5. The largest absolute Gasteiger partial charge is 0.379 e. The maximum absolute atomic E-state index is 10.7. The first-order valence-electron chi connectivity index (χ1n) is 7.58. The molecule has 1 aromatic heterocycles. The summed E-state index contributed by atoms with van der Waals surface area (Å²) in [7, 11) is 0. The molecule has 0 amide bonds. The summed E-state index contributed by atoms with van der Waals surface area (Å²) < 4.78 is 0. The predicted molar refractivity (Wildman–Crippen MR) is 95.3 cm³/mol. The van der Waals surface area contributed by atoms with E-state index in [1.54, 1.807) is 12.1 Å². The van der Waals surface area contributed by atoms with Crippen LogP contribution in [0.1, 0.15) is 28.5 Å². The van der Waals surface area contributed by atoms with Crippen LogP contribution in [-0.4, -0.2) is 11.3 Å². The van der Waals surface area contributed by atoms with Gasteiger partial charge in [-0.05, 0) is 42.3 Å². The number of carbonyl (C=O) groups excluding carboxylic acids is 1. The number of hydrogen-bond acceptors (Lipinski definition) is 3. The fraction of sp³-hybridized carbons (Fsp3) is 0.158. The van der Waals surface area contributed by atoms with Crippen molar-refractivity contribution >= 4 is 34.5 Å². The van der Waals surface area contributed by atoms with E-state index in [4.69, 9.17) is 16.6 Å². The van der Waals surface area contributed by atoms with Crippen molar-refractivity contribution in [1.82, 2.24) is 4.98 Å². The van der Waals surface area contributed by atoms with Gasteiger partial charge in [-0.15, -0.1) is 0 Å². The van der Waals surface area contributed by atoms with Gasteiger partial charge in [0.05, 0.1) is 22.8 Å². The number of aldehydes is 1. The molecule has 0 radical (unpaired) electrons. The number of carbonyl (C=O) groups is 1. The average molecular weight is 325 g/mol. The minimum absolute atomic E-state index is 0.591. The highest BCUT2D eigenvalue weighted by Gasteiger charge is 2.11. The third-order valence-electron chi connectivity index (χ3n) is 3.87. The van der Waals surface area contributed by atoms with Crippen LogP contribution >= 0.6 is 11.6 Å². The number of para-hydroxylation sites is 1. The lowest BCUT2D eigenvalue weighted by molar-refractivity contribution is 0.112. The second-order valence-corrected chi connectivity index (χ2v) is 5.69. The van der Waals surface area contributed by atoms with Crippen LogP contribution < -0.4 is 5.32 Å². The van der Waals surface area contributed by atoms with Crippen molar-refractivity contribution in [2.75, 3.05) is 5.32 Å². The zero-order valence-electron chi connectivity index (χ0n) is 12.8. The third-order valence-corrected chi connectivity index (χ3v) is 4.30. The number of anilines is 1. The maximum atomic E-state index is 10.7. The van der Waals surface area contributed by atoms with Gasteiger partial charge < -0.3 is 5.32 Å². The summed E-state index contributed by atoms with van der Waals surface area (Å²) in [6.07, 6.45) is 1.67. The number of aromatic nitrogens is 1. The quantitative estimate of drug-likeness (QED) is 0.680. The Labute approximate surface area is 140 Å². The summed E-state index contributed by atoms with van der Waals surface area (Å²) in [4.78, 5) is 15.5. The Kier molecular flexibility index (Phi) is 4.58. The first-order chi connectivity index (χ1) is 11.2. The van der Waals surface area contributed by atoms with Gasteiger partial charge in [0.25, 0.3) is 0 Å². The fourth-order valence-corrected chi connectivity index (χ4v) is 3.03. The van der Waals surface area contributed by atoms with E-state index in [1.165, 1.54) is 0 Å². The molecule has 0 saturated carbocycles. The van der Waals surface area contributed by atoms with Gasteiger partial charge in [0.15, 0.2) is 0 Å². The van der Waals surface area contributed by atoms with Gasteiger partial charge in [0.1, 0.15) is 6.29 Å². The highest BCUT2D eigenvalue weighted by atomic mass is 35.5. The summed E-state index contributed by atoms with van der Waals surface area (Å²) in [6, 6.07) is 15.3. The summed E-state index contributed by atoms with van der Waals surface area (Å²) in [6.45, 7) is 2.67. The van der Waals surface area contributed by atoms with Crippen LogP contribution in [0.25, 0.3) is 10.9 Å². The van der Waals surface area contributed by atoms with Gasteiger partial charge >= 0.3 is 0 Å². The molecule has 0 aliphatic carbocycles. The molecule has 0 atom stereocenters. The summed E-state index contributed by atoms with van der Waals surface area (Å²) in [5.74, 6) is 0. The van der Waals surface area contributed by atoms with E-state index in [9.17, 15) is 4.79 Å². The van der Waals surface area contributed by atoms with Gasteiger partial charge in [-0.25, -0.2) is 0 Å². The number of fused-ring (bicyclic) bond motifs is 1. The highest BCUT2D eigenvalue weighted by Crippen LogP contribution is 2.29. The summed E-state index contributed by atoms with van der Waals surface area (Å²) >= 11 is 6.56. The van der Waals surface area contributed by atoms with Crippen LogP contribution in [0.5, 0.6) is 0 Å². The highest BCUT2D eigenvalue weighted by molar-refractivity contribution is 6.36. The molecule has 0 aliphatic heterocycles. The van der Waals surface area contributed by atoms with Crippen molar-refractivity contribution in [2.45, 2.75) is 19.9 Å². The molecular weight excluding hydrogens is 308 g/mol. The maximum Gasteiger partial charge on any atom is 0.150 e. The molecule has 0 spiro atoms. The van der Waals surface area contributed by atoms with Crippen molar-refractivity contribution in [3.05, 3.63) is 70.4 Å². The second kappa shape index (κ2) is 6.80. The van der Waals surface area contributed by atoms with Gasteiger partial charge in [-0.3, -0.25) is 9.78 Å². The predicted octanol–water partition coefficient (Wildman–Crippen LogP) is 4.88. The van der Waals surface area contributed by atoms with Crippen molar-refractivity contribution in [3.63, 3.8) is 0 Å². The molecule has 116 valence electrons. The molecule has 3 aromatic rings. The van der Waals surface area contributed by atoms with Crippen LogP contribution in [0.15, 0.2) is 48.5 Å². The number of pyridine rings is 1. The van der Waals surface area contributed by atoms with E-state index >= 15 is 0 Å². The fourth-order valence-electron chi connectivity index (χ4n) is 2.63. The van der Waals surface area contributed by atoms with E-state index in [0.29, 0.717) is 12.1 Å². The van der Waals surface area contributed by atoms with E-state index in [2.05, 4.69) is 12.2 Å². The Morgan fingerprint density at radius 1 is 1.13 bits per heavy atom. The molecule has 3 nitrogen and oxygen atoms in total. The Morgan fingerprint density at radius 2 is 1.87 bits per heavy atom. The molecule has 4 heteroatoms. The van der Waals surface area contributed by atoms with Gasteiger partial charge in [-0.1, -0.05) is 36.7 Å².